The molecule has 0 atom stereocenters. The largest absolute Gasteiger partial charge is 0.324 e. The van der Waals surface area contributed by atoms with Gasteiger partial charge in [-0.25, -0.2) is 17.6 Å². The topological polar surface area (TPSA) is 57.7 Å². The van der Waals surface area contributed by atoms with Crippen LogP contribution in [-0.2, 0) is 9.84 Å². The number of rotatable bonds is 2. The Balaban J connectivity index is 2.17. The van der Waals surface area contributed by atoms with Gasteiger partial charge in [-0.05, 0) is 19.1 Å². The minimum absolute atomic E-state index is 0.0342. The monoisotopic (exact) mass is 300 g/mol. The summed E-state index contributed by atoms with van der Waals surface area (Å²) in [4.78, 5) is 15.2. The number of nitrogens with zero attached hydrogens (tertiary/aromatic N) is 2. The number of halogens is 1. The molecule has 0 aromatic heterocycles. The van der Waals surface area contributed by atoms with Crippen LogP contribution in [-0.4, -0.2) is 50.5 Å². The molecule has 1 heterocycles. The zero-order chi connectivity index (χ0) is 14.8. The molecule has 5 nitrogen and oxygen atoms in total. The van der Waals surface area contributed by atoms with Crippen molar-refractivity contribution in [1.82, 2.24) is 4.90 Å². The van der Waals surface area contributed by atoms with Crippen LogP contribution in [0.4, 0.5) is 14.9 Å². The van der Waals surface area contributed by atoms with E-state index in [2.05, 4.69) is 0 Å². The first-order chi connectivity index (χ1) is 9.44. The van der Waals surface area contributed by atoms with Gasteiger partial charge in [0.1, 0.15) is 5.82 Å². The zero-order valence-electron chi connectivity index (χ0n) is 11.3. The molecule has 0 aliphatic carbocycles. The second-order valence-electron chi connectivity index (χ2n) is 4.62. The van der Waals surface area contributed by atoms with Crippen molar-refractivity contribution in [2.45, 2.75) is 6.92 Å². The maximum atomic E-state index is 13.8. The smallest absolute Gasteiger partial charge is 0.322 e. The van der Waals surface area contributed by atoms with Crippen molar-refractivity contribution in [2.24, 2.45) is 0 Å². The van der Waals surface area contributed by atoms with E-state index >= 15 is 0 Å². The molecule has 7 heteroatoms. The predicted octanol–water partition coefficient (Wildman–Crippen LogP) is 1.50. The van der Waals surface area contributed by atoms with Gasteiger partial charge < -0.3 is 4.90 Å². The molecule has 0 spiro atoms. The van der Waals surface area contributed by atoms with Gasteiger partial charge in [-0.15, -0.1) is 0 Å². The first-order valence-electron chi connectivity index (χ1n) is 6.46. The molecule has 1 aromatic carbocycles. The Labute approximate surface area is 117 Å². The lowest BCUT2D eigenvalue weighted by molar-refractivity contribution is 0.209. The maximum absolute atomic E-state index is 13.8. The van der Waals surface area contributed by atoms with Crippen LogP contribution in [0.5, 0.6) is 0 Å². The second-order valence-corrected chi connectivity index (χ2v) is 6.92. The molecule has 110 valence electrons. The number of amides is 2. The van der Waals surface area contributed by atoms with Gasteiger partial charge in [-0.3, -0.25) is 4.90 Å². The van der Waals surface area contributed by atoms with E-state index in [1.807, 2.05) is 0 Å². The summed E-state index contributed by atoms with van der Waals surface area (Å²) in [6.45, 7) is 2.40. The standard InChI is InChI=1S/C13H17FN2O3S/c1-2-16(12-6-4-3-5-11(12)14)13(17)15-7-9-20(18,19)10-8-15/h3-6H,2,7-10H2,1H3. The Morgan fingerprint density at radius 2 is 1.90 bits per heavy atom. The lowest BCUT2D eigenvalue weighted by atomic mass is 10.2. The number of sulfone groups is 1. The number of hydrogen-bond donors (Lipinski definition) is 0. The highest BCUT2D eigenvalue weighted by atomic mass is 32.2. The number of urea groups is 1. The van der Waals surface area contributed by atoms with Gasteiger partial charge in [0, 0.05) is 19.6 Å². The molecule has 1 fully saturated rings. The zero-order valence-corrected chi connectivity index (χ0v) is 12.1. The van der Waals surface area contributed by atoms with Crippen molar-refractivity contribution >= 4 is 21.6 Å². The van der Waals surface area contributed by atoms with Crippen LogP contribution >= 0.6 is 0 Å². The number of hydrogen-bond acceptors (Lipinski definition) is 3. The average Bonchev–Trinajstić information content (AvgIpc) is 2.41. The van der Waals surface area contributed by atoms with Crippen molar-refractivity contribution in [2.75, 3.05) is 36.0 Å². The van der Waals surface area contributed by atoms with E-state index in [1.54, 1.807) is 19.1 Å². The third kappa shape index (κ3) is 3.09. The molecule has 0 saturated carbocycles. The van der Waals surface area contributed by atoms with E-state index < -0.39 is 15.7 Å². The summed E-state index contributed by atoms with van der Waals surface area (Å²) in [6.07, 6.45) is 0. The van der Waals surface area contributed by atoms with Crippen LogP contribution < -0.4 is 4.90 Å². The minimum Gasteiger partial charge on any atom is -0.322 e. The van der Waals surface area contributed by atoms with Gasteiger partial charge in [-0.1, -0.05) is 12.1 Å². The van der Waals surface area contributed by atoms with Gasteiger partial charge in [0.25, 0.3) is 0 Å². The Bertz CT molecular complexity index is 589. The molecule has 1 aliphatic rings. The van der Waals surface area contributed by atoms with Crippen molar-refractivity contribution in [3.8, 4) is 0 Å². The molecule has 1 saturated heterocycles. The number of carbonyl (C=O) groups is 1. The van der Waals surface area contributed by atoms with E-state index in [1.165, 1.54) is 21.9 Å². The molecule has 0 N–H and O–H groups in total. The number of benzene rings is 1. The molecule has 2 rings (SSSR count). The highest BCUT2D eigenvalue weighted by molar-refractivity contribution is 7.91. The molecule has 2 amide bonds. The van der Waals surface area contributed by atoms with E-state index in [9.17, 15) is 17.6 Å². The first-order valence-corrected chi connectivity index (χ1v) is 8.28. The van der Waals surface area contributed by atoms with Gasteiger partial charge in [0.2, 0.25) is 0 Å². The fourth-order valence-corrected chi connectivity index (χ4v) is 3.35. The van der Waals surface area contributed by atoms with Gasteiger partial charge in [-0.2, -0.15) is 0 Å². The fourth-order valence-electron chi connectivity index (χ4n) is 2.15. The Morgan fingerprint density at radius 1 is 1.30 bits per heavy atom. The minimum atomic E-state index is -3.04. The summed E-state index contributed by atoms with van der Waals surface area (Å²) in [5, 5.41) is 0. The predicted molar refractivity (Wildman–Crippen MR) is 75.0 cm³/mol. The highest BCUT2D eigenvalue weighted by Gasteiger charge is 2.29. The van der Waals surface area contributed by atoms with Crippen LogP contribution in [0.3, 0.4) is 0 Å². The third-order valence-electron chi connectivity index (χ3n) is 3.31. The maximum Gasteiger partial charge on any atom is 0.324 e. The molecule has 1 aromatic rings. The summed E-state index contributed by atoms with van der Waals surface area (Å²) < 4.78 is 36.5. The van der Waals surface area contributed by atoms with Crippen LogP contribution in [0.1, 0.15) is 6.92 Å². The fraction of sp³-hybridized carbons (Fsp3) is 0.462. The number of anilines is 1. The Morgan fingerprint density at radius 3 is 2.45 bits per heavy atom. The van der Waals surface area contributed by atoms with E-state index in [0.717, 1.165) is 0 Å². The Kier molecular flexibility index (Phi) is 4.27. The van der Waals surface area contributed by atoms with Crippen LogP contribution in [0.25, 0.3) is 0 Å². The summed E-state index contributed by atoms with van der Waals surface area (Å²) in [7, 11) is -3.04. The average molecular weight is 300 g/mol. The molecule has 0 radical (unpaired) electrons. The summed E-state index contributed by atoms with van der Waals surface area (Å²) in [5.41, 5.74) is 0.216. The van der Waals surface area contributed by atoms with E-state index in [0.29, 0.717) is 6.54 Å². The second kappa shape index (κ2) is 5.78. The van der Waals surface area contributed by atoms with Crippen molar-refractivity contribution < 1.29 is 17.6 Å². The van der Waals surface area contributed by atoms with Crippen LogP contribution in [0.15, 0.2) is 24.3 Å². The normalized spacial score (nSPS) is 17.8. The first kappa shape index (κ1) is 14.8. The van der Waals surface area contributed by atoms with Crippen LogP contribution in [0, 0.1) is 5.82 Å². The summed E-state index contributed by atoms with van der Waals surface area (Å²) in [6, 6.07) is 5.70. The van der Waals surface area contributed by atoms with Crippen molar-refractivity contribution in [3.63, 3.8) is 0 Å². The van der Waals surface area contributed by atoms with Gasteiger partial charge >= 0.3 is 6.03 Å². The lowest BCUT2D eigenvalue weighted by Crippen LogP contribution is -2.50. The van der Waals surface area contributed by atoms with Gasteiger partial charge in [0.05, 0.1) is 17.2 Å². The SMILES string of the molecule is CCN(C(=O)N1CCS(=O)(=O)CC1)c1ccccc1F. The summed E-state index contributed by atoms with van der Waals surface area (Å²) >= 11 is 0. The molecular weight excluding hydrogens is 283 g/mol. The molecule has 0 bridgehead atoms. The van der Waals surface area contributed by atoms with Crippen molar-refractivity contribution in [1.29, 1.82) is 0 Å². The van der Waals surface area contributed by atoms with Gasteiger partial charge in [0.15, 0.2) is 9.84 Å². The highest BCUT2D eigenvalue weighted by Crippen LogP contribution is 2.20. The Hall–Kier alpha value is -1.63. The lowest BCUT2D eigenvalue weighted by Gasteiger charge is -2.32. The quantitative estimate of drug-likeness (QED) is 0.831. The number of para-hydroxylation sites is 1. The molecule has 1 aliphatic heterocycles. The molecule has 20 heavy (non-hydrogen) atoms. The van der Waals surface area contributed by atoms with Crippen molar-refractivity contribution in [3.05, 3.63) is 30.1 Å². The third-order valence-corrected chi connectivity index (χ3v) is 4.91. The molecular formula is C13H17FN2O3S. The molecule has 0 unspecified atom stereocenters. The summed E-state index contributed by atoms with van der Waals surface area (Å²) in [5.74, 6) is -0.534. The van der Waals surface area contributed by atoms with E-state index in [4.69, 9.17) is 0 Å². The van der Waals surface area contributed by atoms with Crippen LogP contribution in [0.2, 0.25) is 0 Å². The number of carbonyl (C=O) groups excluding carboxylic acids is 1. The van der Waals surface area contributed by atoms with E-state index in [-0.39, 0.29) is 36.3 Å².